The fraction of sp³-hybridized carbons (Fsp3) is 0.867. The van der Waals surface area contributed by atoms with Crippen LogP contribution in [0.1, 0.15) is 34.1 Å². The smallest absolute Gasteiger partial charge is 0.312 e. The lowest BCUT2D eigenvalue weighted by Gasteiger charge is -2.57. The number of ketones is 1. The van der Waals surface area contributed by atoms with E-state index in [1.54, 1.807) is 0 Å². The molecule has 1 saturated heterocycles. The molecular formula is C15H22O4. The molecule has 106 valence electrons. The molecule has 1 aliphatic heterocycles. The molecule has 0 aromatic carbocycles. The summed E-state index contributed by atoms with van der Waals surface area (Å²) in [6.45, 7) is 8.22. The number of ether oxygens (including phenoxy) is 1. The van der Waals surface area contributed by atoms with Crippen molar-refractivity contribution in [2.75, 3.05) is 6.61 Å². The van der Waals surface area contributed by atoms with Gasteiger partial charge in [-0.1, -0.05) is 20.8 Å². The summed E-state index contributed by atoms with van der Waals surface area (Å²) in [7, 11) is 0. The van der Waals surface area contributed by atoms with Crippen LogP contribution in [0.25, 0.3) is 0 Å². The van der Waals surface area contributed by atoms with E-state index >= 15 is 0 Å². The third-order valence-corrected chi connectivity index (χ3v) is 6.14. The number of aliphatic hydroxyl groups excluding tert-OH is 1. The van der Waals surface area contributed by atoms with Crippen molar-refractivity contribution in [2.24, 2.45) is 34.5 Å². The van der Waals surface area contributed by atoms with Gasteiger partial charge >= 0.3 is 5.97 Å². The van der Waals surface area contributed by atoms with Crippen LogP contribution in [-0.4, -0.2) is 29.6 Å². The summed E-state index contributed by atoms with van der Waals surface area (Å²) in [6, 6.07) is 0. The van der Waals surface area contributed by atoms with E-state index in [2.05, 4.69) is 13.8 Å². The Balaban J connectivity index is 2.10. The Hall–Kier alpha value is -0.900. The topological polar surface area (TPSA) is 63.6 Å². The van der Waals surface area contributed by atoms with Crippen LogP contribution < -0.4 is 0 Å². The number of cyclic esters (lactones) is 1. The van der Waals surface area contributed by atoms with Gasteiger partial charge in [0.15, 0.2) is 5.78 Å². The largest absolute Gasteiger partial charge is 0.465 e. The second-order valence-corrected chi connectivity index (χ2v) is 7.45. The number of carbonyl (C=O) groups excluding carboxylic acids is 2. The van der Waals surface area contributed by atoms with Gasteiger partial charge in [0.05, 0.1) is 12.0 Å². The normalized spacial score (nSPS) is 51.7. The van der Waals surface area contributed by atoms with Gasteiger partial charge in [0.1, 0.15) is 6.10 Å². The molecule has 1 heterocycles. The molecule has 6 atom stereocenters. The predicted molar refractivity (Wildman–Crippen MR) is 68.1 cm³/mol. The fourth-order valence-electron chi connectivity index (χ4n) is 4.83. The number of esters is 1. The highest BCUT2D eigenvalue weighted by Crippen LogP contribution is 2.65. The molecule has 4 nitrogen and oxygen atoms in total. The first-order valence-electron chi connectivity index (χ1n) is 7.10. The third-order valence-electron chi connectivity index (χ3n) is 6.14. The summed E-state index contributed by atoms with van der Waals surface area (Å²) >= 11 is 0. The quantitative estimate of drug-likeness (QED) is 0.673. The number of fused-ring (bicyclic) bond motifs is 3. The molecule has 0 spiro atoms. The van der Waals surface area contributed by atoms with Crippen molar-refractivity contribution in [3.63, 3.8) is 0 Å². The molecule has 19 heavy (non-hydrogen) atoms. The molecule has 0 amide bonds. The maximum Gasteiger partial charge on any atom is 0.312 e. The van der Waals surface area contributed by atoms with Crippen LogP contribution in [0.5, 0.6) is 0 Å². The van der Waals surface area contributed by atoms with Crippen LogP contribution in [0.3, 0.4) is 0 Å². The molecule has 0 radical (unpaired) electrons. The highest BCUT2D eigenvalue weighted by atomic mass is 16.5. The van der Waals surface area contributed by atoms with Crippen LogP contribution in [0.2, 0.25) is 0 Å². The van der Waals surface area contributed by atoms with E-state index < -0.39 is 11.5 Å². The minimum atomic E-state index is -0.932. The van der Waals surface area contributed by atoms with Crippen LogP contribution >= 0.6 is 0 Å². The number of Topliss-reactive ketones (excluding diaryl/α,β-unsaturated/α-hetero) is 1. The van der Waals surface area contributed by atoms with Gasteiger partial charge in [-0.2, -0.15) is 0 Å². The monoisotopic (exact) mass is 266 g/mol. The zero-order chi connectivity index (χ0) is 14.2. The van der Waals surface area contributed by atoms with Crippen LogP contribution in [0.4, 0.5) is 0 Å². The molecule has 0 aromatic rings. The van der Waals surface area contributed by atoms with Crippen molar-refractivity contribution in [3.05, 3.63) is 0 Å². The van der Waals surface area contributed by atoms with Crippen molar-refractivity contribution < 1.29 is 19.4 Å². The zero-order valence-corrected chi connectivity index (χ0v) is 12.0. The Morgan fingerprint density at radius 1 is 1.21 bits per heavy atom. The van der Waals surface area contributed by atoms with Crippen molar-refractivity contribution in [1.82, 2.24) is 0 Å². The molecule has 3 fully saturated rings. The van der Waals surface area contributed by atoms with Gasteiger partial charge in [-0.15, -0.1) is 0 Å². The molecule has 3 rings (SSSR count). The number of carbonyl (C=O) groups is 2. The lowest BCUT2D eigenvalue weighted by molar-refractivity contribution is -0.171. The Morgan fingerprint density at radius 3 is 2.42 bits per heavy atom. The predicted octanol–water partition coefficient (Wildman–Crippen LogP) is 1.41. The van der Waals surface area contributed by atoms with Gasteiger partial charge in [0, 0.05) is 17.8 Å². The SMILES string of the molecule is C[C@H]1C(=O)[C@@H](O)[C@H]2[C@H](CC2(C)C)[C@]2(C)C(=O)OC[C@@H]12. The molecule has 0 bridgehead atoms. The van der Waals surface area contributed by atoms with Gasteiger partial charge < -0.3 is 9.84 Å². The Kier molecular flexibility index (Phi) is 2.48. The van der Waals surface area contributed by atoms with E-state index in [9.17, 15) is 14.7 Å². The lowest BCUT2D eigenvalue weighted by atomic mass is 9.46. The average molecular weight is 266 g/mol. The molecule has 0 aromatic heterocycles. The fourth-order valence-corrected chi connectivity index (χ4v) is 4.83. The van der Waals surface area contributed by atoms with Crippen LogP contribution in [0.15, 0.2) is 0 Å². The zero-order valence-electron chi connectivity index (χ0n) is 12.0. The van der Waals surface area contributed by atoms with E-state index in [-0.39, 0.29) is 40.8 Å². The second-order valence-electron chi connectivity index (χ2n) is 7.45. The number of hydrogen-bond acceptors (Lipinski definition) is 4. The van der Waals surface area contributed by atoms with Gasteiger partial charge in [0.2, 0.25) is 0 Å². The summed E-state index contributed by atoms with van der Waals surface area (Å²) in [6.07, 6.45) is -0.0597. The highest BCUT2D eigenvalue weighted by Gasteiger charge is 2.68. The first-order valence-corrected chi connectivity index (χ1v) is 7.10. The summed E-state index contributed by atoms with van der Waals surface area (Å²) in [4.78, 5) is 24.6. The third kappa shape index (κ3) is 1.38. The summed E-state index contributed by atoms with van der Waals surface area (Å²) < 4.78 is 5.26. The summed E-state index contributed by atoms with van der Waals surface area (Å²) in [5.74, 6) is -0.762. The number of hydrogen-bond donors (Lipinski definition) is 1. The summed E-state index contributed by atoms with van der Waals surface area (Å²) in [5.41, 5.74) is -0.688. The van der Waals surface area contributed by atoms with E-state index in [4.69, 9.17) is 4.74 Å². The first kappa shape index (κ1) is 13.1. The molecule has 4 heteroatoms. The molecule has 2 saturated carbocycles. The maximum absolute atomic E-state index is 12.4. The van der Waals surface area contributed by atoms with Crippen LogP contribution in [-0.2, 0) is 14.3 Å². The minimum absolute atomic E-state index is 0.0615. The molecular weight excluding hydrogens is 244 g/mol. The molecule has 3 aliphatic rings. The van der Waals surface area contributed by atoms with Gasteiger partial charge in [0.25, 0.3) is 0 Å². The van der Waals surface area contributed by atoms with Crippen molar-refractivity contribution >= 4 is 11.8 Å². The van der Waals surface area contributed by atoms with Crippen LogP contribution in [0, 0.1) is 34.5 Å². The number of aliphatic hydroxyl groups is 1. The van der Waals surface area contributed by atoms with E-state index in [1.165, 1.54) is 0 Å². The standard InChI is InChI=1S/C15H22O4/c1-7-9-6-19-13(18)15(9,4)8-5-14(2,3)10(8)12(17)11(7)16/h7-10,12,17H,5-6H2,1-4H3/t7-,8+,9+,10-,12+,15+/m1/s1. The molecule has 0 unspecified atom stereocenters. The van der Waals surface area contributed by atoms with E-state index in [0.717, 1.165) is 6.42 Å². The van der Waals surface area contributed by atoms with Crippen molar-refractivity contribution in [3.8, 4) is 0 Å². The molecule has 2 aliphatic carbocycles. The van der Waals surface area contributed by atoms with Crippen molar-refractivity contribution in [2.45, 2.75) is 40.2 Å². The van der Waals surface area contributed by atoms with E-state index in [0.29, 0.717) is 6.61 Å². The minimum Gasteiger partial charge on any atom is -0.465 e. The Labute approximate surface area is 113 Å². The van der Waals surface area contributed by atoms with Gasteiger partial charge in [-0.3, -0.25) is 9.59 Å². The highest BCUT2D eigenvalue weighted by molar-refractivity contribution is 5.89. The first-order chi connectivity index (χ1) is 8.71. The Morgan fingerprint density at radius 2 is 1.84 bits per heavy atom. The summed E-state index contributed by atoms with van der Waals surface area (Å²) in [5, 5.41) is 10.4. The van der Waals surface area contributed by atoms with Gasteiger partial charge in [-0.05, 0) is 24.7 Å². The second kappa shape index (κ2) is 3.60. The molecule has 1 N–H and O–H groups in total. The average Bonchev–Trinajstić information content (AvgIpc) is 2.59. The van der Waals surface area contributed by atoms with Gasteiger partial charge in [-0.25, -0.2) is 0 Å². The van der Waals surface area contributed by atoms with E-state index in [1.807, 2.05) is 13.8 Å². The number of rotatable bonds is 0. The Bertz CT molecular complexity index is 455. The maximum atomic E-state index is 12.4. The van der Waals surface area contributed by atoms with Crippen molar-refractivity contribution in [1.29, 1.82) is 0 Å². The lowest BCUT2D eigenvalue weighted by Crippen LogP contribution is -2.57.